The number of nitrogens with zero attached hydrogens (tertiary/aromatic N) is 1. The van der Waals surface area contributed by atoms with Gasteiger partial charge in [0.1, 0.15) is 17.3 Å². The van der Waals surface area contributed by atoms with E-state index in [0.717, 1.165) is 33.4 Å². The third kappa shape index (κ3) is 9.55. The molecule has 0 spiro atoms. The summed E-state index contributed by atoms with van der Waals surface area (Å²) in [6.07, 6.45) is -1.13. The first-order chi connectivity index (χ1) is 24.2. The van der Waals surface area contributed by atoms with Crippen molar-refractivity contribution >= 4 is 49.1 Å². The van der Waals surface area contributed by atoms with Crippen LogP contribution in [0.4, 0.5) is 13.2 Å². The summed E-state index contributed by atoms with van der Waals surface area (Å²) in [6.45, 7) is 23.8. The second kappa shape index (κ2) is 15.1. The minimum Gasteiger partial charge on any atom is -0.512 e. The summed E-state index contributed by atoms with van der Waals surface area (Å²) in [5.41, 5.74) is 1.42. The number of hydrogen-bond acceptors (Lipinski definition) is 6. The zero-order chi connectivity index (χ0) is 39.5. The summed E-state index contributed by atoms with van der Waals surface area (Å²) in [6, 6.07) is 18.1. The van der Waals surface area contributed by atoms with Crippen molar-refractivity contribution in [1.82, 2.24) is 4.98 Å². The average molecular weight is 937 g/mol. The Morgan fingerprint density at radius 2 is 1.48 bits per heavy atom. The molecule has 6 rings (SSSR count). The number of thiophene rings is 1. The Labute approximate surface area is 333 Å². The number of hydrogen-bond donors (Lipinski definition) is 1. The fraction of sp³-hybridized carbons (Fsp3) is 0.409. The Morgan fingerprint density at radius 1 is 0.852 bits per heavy atom. The molecule has 0 bridgehead atoms. The van der Waals surface area contributed by atoms with E-state index in [4.69, 9.17) is 8.83 Å². The number of aromatic nitrogens is 1. The van der Waals surface area contributed by atoms with E-state index in [9.17, 15) is 23.1 Å². The SMILES string of the molecule is CC(C)(C)C(=O)/C=C(\O)C(C)(C)C.CC(C)(C)Cc1cc2oc(-c3sc4c(-c5[c-]c6ccccc6c(C(C)(C)C)c5)nccc4c3C(F)(F)F)cc2o1.[Ir]. The number of alkyl halides is 3. The molecule has 0 aliphatic carbocycles. The van der Waals surface area contributed by atoms with Gasteiger partial charge in [0.05, 0.1) is 10.4 Å². The molecule has 0 saturated heterocycles. The number of allylic oxidation sites excluding steroid dienone is 2. The average Bonchev–Trinajstić information content (AvgIpc) is 3.69. The van der Waals surface area contributed by atoms with E-state index in [1.165, 1.54) is 18.3 Å². The normalized spacial score (nSPS) is 13.3. The molecule has 54 heavy (non-hydrogen) atoms. The molecule has 0 atom stereocenters. The fourth-order valence-corrected chi connectivity index (χ4v) is 7.09. The van der Waals surface area contributed by atoms with Crippen LogP contribution >= 0.6 is 11.3 Å². The van der Waals surface area contributed by atoms with Crippen molar-refractivity contribution < 1.29 is 52.0 Å². The minimum atomic E-state index is -4.60. The molecule has 1 N–H and O–H groups in total. The number of carbonyl (C=O) groups excluding carboxylic acids is 1. The van der Waals surface area contributed by atoms with Gasteiger partial charge in [0.25, 0.3) is 0 Å². The van der Waals surface area contributed by atoms with E-state index in [1.54, 1.807) is 12.1 Å². The Morgan fingerprint density at radius 3 is 2.04 bits per heavy atom. The summed E-state index contributed by atoms with van der Waals surface area (Å²) >= 11 is 1.04. The van der Waals surface area contributed by atoms with E-state index in [2.05, 4.69) is 58.7 Å². The molecule has 1 radical (unpaired) electrons. The zero-order valence-electron chi connectivity index (χ0n) is 33.0. The van der Waals surface area contributed by atoms with Gasteiger partial charge in [-0.05, 0) is 16.9 Å². The van der Waals surface area contributed by atoms with Gasteiger partial charge in [-0.25, -0.2) is 0 Å². The molecule has 4 aromatic heterocycles. The van der Waals surface area contributed by atoms with E-state index in [1.807, 2.05) is 65.8 Å². The maximum absolute atomic E-state index is 14.6. The Kier molecular flexibility index (Phi) is 12.0. The molecular weight excluding hydrogens is 888 g/mol. The number of benzene rings is 2. The number of carbonyl (C=O) groups is 1. The van der Waals surface area contributed by atoms with Gasteiger partial charge in [0.15, 0.2) is 16.9 Å². The van der Waals surface area contributed by atoms with Gasteiger partial charge in [-0.2, -0.15) is 13.2 Å². The van der Waals surface area contributed by atoms with E-state index in [0.29, 0.717) is 33.5 Å². The predicted octanol–water partition coefficient (Wildman–Crippen LogP) is 13.9. The minimum absolute atomic E-state index is 0. The van der Waals surface area contributed by atoms with Crippen LogP contribution in [0.1, 0.15) is 100.0 Å². The van der Waals surface area contributed by atoms with Crippen molar-refractivity contribution in [3.8, 4) is 21.9 Å². The van der Waals surface area contributed by atoms with Crippen molar-refractivity contribution in [2.75, 3.05) is 0 Å². The van der Waals surface area contributed by atoms with Crippen molar-refractivity contribution in [1.29, 1.82) is 0 Å². The molecule has 6 aromatic rings. The molecule has 0 aliphatic rings. The van der Waals surface area contributed by atoms with Crippen LogP contribution in [0, 0.1) is 22.3 Å². The van der Waals surface area contributed by atoms with Gasteiger partial charge in [-0.3, -0.25) is 9.78 Å². The molecule has 2 aromatic carbocycles. The van der Waals surface area contributed by atoms with Crippen molar-refractivity contribution in [2.24, 2.45) is 16.2 Å². The Hall–Kier alpha value is -3.72. The summed E-state index contributed by atoms with van der Waals surface area (Å²) in [4.78, 5) is 16.1. The largest absolute Gasteiger partial charge is 0.512 e. The quantitative estimate of drug-likeness (QED) is 0.108. The standard InChI is InChI=1S/C33H29F3NO2S.C11H20O2.Ir/c1-31(2,3)17-20-15-24-25(38-20)16-26(39-24)30-27(33(34,35)36)22-11-12-37-28(29(22)40-30)19-13-18-9-7-8-10-21(18)23(14-19)32(4,5)6;1-10(2,3)8(12)7-9(13)11(4,5)6;/h7-12,14-16H,17H2,1-6H3;7,12H,1-6H3;/q-1;;/b;8-7-;. The van der Waals surface area contributed by atoms with Crippen LogP contribution in [0.15, 0.2) is 75.4 Å². The molecule has 0 fully saturated rings. The molecule has 291 valence electrons. The van der Waals surface area contributed by atoms with Gasteiger partial charge in [-0.15, -0.1) is 40.5 Å². The van der Waals surface area contributed by atoms with Gasteiger partial charge >= 0.3 is 6.18 Å². The summed E-state index contributed by atoms with van der Waals surface area (Å²) < 4.78 is 56.2. The van der Waals surface area contributed by atoms with Crippen LogP contribution in [0.3, 0.4) is 0 Å². The molecular formula is C44H49F3IrNO4S-. The third-order valence-electron chi connectivity index (χ3n) is 8.69. The molecule has 0 amide bonds. The monoisotopic (exact) mass is 937 g/mol. The van der Waals surface area contributed by atoms with Gasteiger partial charge in [-0.1, -0.05) is 112 Å². The van der Waals surface area contributed by atoms with Crippen molar-refractivity contribution in [2.45, 2.75) is 101 Å². The maximum Gasteiger partial charge on any atom is 0.418 e. The predicted molar refractivity (Wildman–Crippen MR) is 210 cm³/mol. The second-order valence-corrected chi connectivity index (χ2v) is 18.9. The van der Waals surface area contributed by atoms with Crippen LogP contribution < -0.4 is 0 Å². The number of aliphatic hydroxyl groups is 1. The number of rotatable bonds is 4. The first-order valence-corrected chi connectivity index (χ1v) is 18.5. The molecule has 0 saturated carbocycles. The number of pyridine rings is 1. The van der Waals surface area contributed by atoms with E-state index >= 15 is 0 Å². The molecule has 0 aliphatic heterocycles. The van der Waals surface area contributed by atoms with Crippen LogP contribution in [-0.4, -0.2) is 15.9 Å². The molecule has 0 unspecified atom stereocenters. The van der Waals surface area contributed by atoms with E-state index < -0.39 is 17.2 Å². The topological polar surface area (TPSA) is 76.5 Å². The van der Waals surface area contributed by atoms with Gasteiger partial charge in [0.2, 0.25) is 0 Å². The van der Waals surface area contributed by atoms with Gasteiger partial charge in [0, 0.05) is 77.5 Å². The van der Waals surface area contributed by atoms with Crippen LogP contribution in [-0.2, 0) is 42.9 Å². The first kappa shape index (κ1) is 43.0. The number of halogens is 3. The number of aliphatic hydroxyl groups excluding tert-OH is 1. The summed E-state index contributed by atoms with van der Waals surface area (Å²) in [5, 5.41) is 11.6. The van der Waals surface area contributed by atoms with E-state index in [-0.39, 0.29) is 63.9 Å². The third-order valence-corrected chi connectivity index (χ3v) is 9.92. The van der Waals surface area contributed by atoms with Gasteiger partial charge < -0.3 is 13.9 Å². The van der Waals surface area contributed by atoms with Crippen LogP contribution in [0.25, 0.3) is 53.9 Å². The summed E-state index contributed by atoms with van der Waals surface area (Å²) in [5.74, 6) is 0.980. The van der Waals surface area contributed by atoms with Crippen molar-refractivity contribution in [3.63, 3.8) is 0 Å². The van der Waals surface area contributed by atoms with Crippen molar-refractivity contribution in [3.05, 3.63) is 89.5 Å². The Balaban J connectivity index is 0.000000400. The van der Waals surface area contributed by atoms with Crippen LogP contribution in [0.5, 0.6) is 0 Å². The molecule has 10 heteroatoms. The second-order valence-electron chi connectivity index (χ2n) is 17.9. The summed E-state index contributed by atoms with van der Waals surface area (Å²) in [7, 11) is 0. The maximum atomic E-state index is 14.6. The smallest absolute Gasteiger partial charge is 0.418 e. The first-order valence-electron chi connectivity index (χ1n) is 17.7. The number of furan rings is 2. The fourth-order valence-electron chi connectivity index (χ4n) is 5.81. The number of ketones is 1. The number of fused-ring (bicyclic) bond motifs is 3. The van der Waals surface area contributed by atoms with Crippen LogP contribution in [0.2, 0.25) is 0 Å². The Bertz CT molecular complexity index is 2300. The zero-order valence-corrected chi connectivity index (χ0v) is 36.2. The molecule has 5 nitrogen and oxygen atoms in total. The molecule has 4 heterocycles.